The second kappa shape index (κ2) is 8.27. The predicted molar refractivity (Wildman–Crippen MR) is 41.6 cm³/mol. The number of carbonyl (C=O) groups is 1. The molecule has 0 aliphatic heterocycles. The van der Waals surface area contributed by atoms with Crippen molar-refractivity contribution in [1.29, 1.82) is 0 Å². The van der Waals surface area contributed by atoms with E-state index < -0.39 is 5.97 Å². The van der Waals surface area contributed by atoms with Crippen molar-refractivity contribution >= 4 is 5.97 Å². The molecule has 1 aromatic carbocycles. The molecule has 1 rings (SSSR count). The maximum atomic E-state index is 10.3. The van der Waals surface area contributed by atoms with Crippen LogP contribution < -0.4 is 17.0 Å². The molecular weight excluding hydrogens is 285 g/mol. The number of esters is 1. The first-order valence-electron chi connectivity index (χ1n) is 3.31. The smallest absolute Gasteiger partial charge is 1.00 e. The van der Waals surface area contributed by atoms with Crippen LogP contribution >= 0.6 is 0 Å². The SMILES string of the molecule is [Br-].[CH2-]C(=O)OCc1ccccc1.[Zn+2]. The van der Waals surface area contributed by atoms with E-state index in [9.17, 15) is 4.79 Å². The van der Waals surface area contributed by atoms with E-state index >= 15 is 0 Å². The van der Waals surface area contributed by atoms with Crippen LogP contribution in [0.3, 0.4) is 0 Å². The summed E-state index contributed by atoms with van der Waals surface area (Å²) in [7, 11) is 0. The van der Waals surface area contributed by atoms with Crippen LogP contribution in [0, 0.1) is 6.92 Å². The standard InChI is InChI=1S/C9H9O2.BrH.Zn/c1-8(10)11-7-9-5-3-2-4-6-9;;/h2-6H,1,7H2;1H;/q-1;;+2/p-1. The second-order valence-electron chi connectivity index (χ2n) is 2.15. The summed E-state index contributed by atoms with van der Waals surface area (Å²) in [6, 6.07) is 9.49. The van der Waals surface area contributed by atoms with Gasteiger partial charge in [-0.25, -0.2) is 0 Å². The van der Waals surface area contributed by atoms with Gasteiger partial charge in [-0.1, -0.05) is 30.3 Å². The molecule has 0 aliphatic rings. The Kier molecular flexibility index (Phi) is 9.64. The van der Waals surface area contributed by atoms with Crippen LogP contribution in [0.2, 0.25) is 0 Å². The third-order valence-corrected chi connectivity index (χ3v) is 1.24. The van der Waals surface area contributed by atoms with Crippen LogP contribution in [0.25, 0.3) is 0 Å². The average Bonchev–Trinajstić information content (AvgIpc) is 2.03. The van der Waals surface area contributed by atoms with Gasteiger partial charge >= 0.3 is 19.5 Å². The fourth-order valence-electron chi connectivity index (χ4n) is 0.738. The number of halogens is 1. The monoisotopic (exact) mass is 292 g/mol. The molecule has 0 fully saturated rings. The van der Waals surface area contributed by atoms with Gasteiger partial charge in [0.2, 0.25) is 0 Å². The normalized spacial score (nSPS) is 7.69. The van der Waals surface area contributed by atoms with Crippen LogP contribution in [-0.2, 0) is 35.6 Å². The molecule has 0 N–H and O–H groups in total. The molecule has 0 amide bonds. The van der Waals surface area contributed by atoms with E-state index in [-0.39, 0.29) is 36.5 Å². The Bertz CT molecular complexity index is 239. The molecule has 0 saturated carbocycles. The van der Waals surface area contributed by atoms with E-state index in [1.807, 2.05) is 30.3 Å². The number of hydrogen-bond acceptors (Lipinski definition) is 2. The molecule has 0 atom stereocenters. The molecule has 0 saturated heterocycles. The number of benzene rings is 1. The van der Waals surface area contributed by atoms with Crippen molar-refractivity contribution in [3.63, 3.8) is 0 Å². The number of carbonyl (C=O) groups excluding carboxylic acids is 1. The minimum absolute atomic E-state index is 0. The summed E-state index contributed by atoms with van der Waals surface area (Å²) < 4.78 is 4.68. The predicted octanol–water partition coefficient (Wildman–Crippen LogP) is -1.43. The Morgan fingerprint density at radius 3 is 2.31 bits per heavy atom. The van der Waals surface area contributed by atoms with Crippen LogP contribution in [0.4, 0.5) is 0 Å². The van der Waals surface area contributed by atoms with Gasteiger partial charge in [0.15, 0.2) is 5.97 Å². The zero-order valence-electron chi connectivity index (χ0n) is 7.20. The van der Waals surface area contributed by atoms with Crippen molar-refractivity contribution in [1.82, 2.24) is 0 Å². The molecule has 0 spiro atoms. The summed E-state index contributed by atoms with van der Waals surface area (Å²) in [5.41, 5.74) is 0.976. The summed E-state index contributed by atoms with van der Waals surface area (Å²) in [6.45, 7) is 3.40. The average molecular weight is 294 g/mol. The van der Waals surface area contributed by atoms with Gasteiger partial charge in [0.05, 0.1) is 0 Å². The van der Waals surface area contributed by atoms with Crippen molar-refractivity contribution in [2.24, 2.45) is 0 Å². The molecule has 0 bridgehead atoms. The van der Waals surface area contributed by atoms with Gasteiger partial charge in [-0.05, 0) is 5.56 Å². The first kappa shape index (κ1) is 15.1. The minimum atomic E-state index is -0.492. The third-order valence-electron chi connectivity index (χ3n) is 1.24. The Morgan fingerprint density at radius 1 is 1.31 bits per heavy atom. The fraction of sp³-hybridized carbons (Fsp3) is 0.111. The van der Waals surface area contributed by atoms with E-state index in [0.29, 0.717) is 6.61 Å². The van der Waals surface area contributed by atoms with Crippen molar-refractivity contribution in [3.05, 3.63) is 42.8 Å². The van der Waals surface area contributed by atoms with Gasteiger partial charge < -0.3 is 21.7 Å². The largest absolute Gasteiger partial charge is 2.00 e. The van der Waals surface area contributed by atoms with E-state index in [4.69, 9.17) is 0 Å². The van der Waals surface area contributed by atoms with Crippen LogP contribution in [0.5, 0.6) is 0 Å². The summed E-state index contributed by atoms with van der Waals surface area (Å²) in [4.78, 5) is 10.3. The molecule has 0 unspecified atom stereocenters. The quantitative estimate of drug-likeness (QED) is 0.380. The van der Waals surface area contributed by atoms with Crippen molar-refractivity contribution in [2.75, 3.05) is 0 Å². The molecule has 13 heavy (non-hydrogen) atoms. The molecule has 0 aromatic heterocycles. The van der Waals surface area contributed by atoms with Crippen LogP contribution in [0.1, 0.15) is 5.56 Å². The molecule has 66 valence electrons. The maximum Gasteiger partial charge on any atom is 2.00 e. The summed E-state index contributed by atoms with van der Waals surface area (Å²) in [5.74, 6) is -0.492. The van der Waals surface area contributed by atoms with E-state index in [0.717, 1.165) is 5.56 Å². The van der Waals surface area contributed by atoms with Gasteiger partial charge in [-0.15, -0.1) is 0 Å². The molecule has 2 nitrogen and oxygen atoms in total. The van der Waals surface area contributed by atoms with Gasteiger partial charge in [0.1, 0.15) is 6.61 Å². The summed E-state index contributed by atoms with van der Waals surface area (Å²) in [5, 5.41) is 0. The van der Waals surface area contributed by atoms with Gasteiger partial charge in [0, 0.05) is 0 Å². The molecule has 4 heteroatoms. The molecular formula is C9H9BrO2Zn. The van der Waals surface area contributed by atoms with Gasteiger partial charge in [-0.3, -0.25) is 11.7 Å². The van der Waals surface area contributed by atoms with E-state index in [2.05, 4.69) is 11.7 Å². The van der Waals surface area contributed by atoms with Crippen LogP contribution in [-0.4, -0.2) is 5.97 Å². The van der Waals surface area contributed by atoms with Gasteiger partial charge in [-0.2, -0.15) is 0 Å². The third kappa shape index (κ3) is 6.79. The number of hydrogen-bond donors (Lipinski definition) is 0. The fourth-order valence-corrected chi connectivity index (χ4v) is 0.738. The van der Waals surface area contributed by atoms with E-state index in [1.165, 1.54) is 0 Å². The number of rotatable bonds is 2. The summed E-state index contributed by atoms with van der Waals surface area (Å²) in [6.07, 6.45) is 0. The number of ether oxygens (including phenoxy) is 1. The molecule has 0 radical (unpaired) electrons. The second-order valence-corrected chi connectivity index (χ2v) is 2.15. The zero-order valence-corrected chi connectivity index (χ0v) is 11.8. The summed E-state index contributed by atoms with van der Waals surface area (Å²) >= 11 is 0. The maximum absolute atomic E-state index is 10.3. The molecule has 1 aromatic rings. The first-order valence-corrected chi connectivity index (χ1v) is 3.31. The Morgan fingerprint density at radius 2 is 1.85 bits per heavy atom. The Balaban J connectivity index is 0. The molecule has 0 heterocycles. The van der Waals surface area contributed by atoms with E-state index in [1.54, 1.807) is 0 Å². The minimum Gasteiger partial charge on any atom is -1.00 e. The Hall–Kier alpha value is -0.337. The van der Waals surface area contributed by atoms with Crippen LogP contribution in [0.15, 0.2) is 30.3 Å². The van der Waals surface area contributed by atoms with Gasteiger partial charge in [0.25, 0.3) is 0 Å². The van der Waals surface area contributed by atoms with Crippen molar-refractivity contribution < 1.29 is 46.0 Å². The molecule has 0 aliphatic carbocycles. The van der Waals surface area contributed by atoms with Crippen molar-refractivity contribution in [3.8, 4) is 0 Å². The Labute approximate surface area is 101 Å². The topological polar surface area (TPSA) is 26.3 Å². The zero-order chi connectivity index (χ0) is 8.10. The first-order chi connectivity index (χ1) is 5.29. The van der Waals surface area contributed by atoms with Crippen molar-refractivity contribution in [2.45, 2.75) is 6.61 Å².